The summed E-state index contributed by atoms with van der Waals surface area (Å²) >= 11 is 0. The third-order valence-electron chi connectivity index (χ3n) is 4.93. The van der Waals surface area contributed by atoms with Gasteiger partial charge in [-0.15, -0.1) is 5.10 Å². The summed E-state index contributed by atoms with van der Waals surface area (Å²) in [6.07, 6.45) is 12.0. The van der Waals surface area contributed by atoms with Crippen molar-refractivity contribution in [2.45, 2.75) is 13.0 Å². The molecule has 1 aliphatic carbocycles. The molecule has 0 saturated heterocycles. The zero-order valence-corrected chi connectivity index (χ0v) is 17.9. The van der Waals surface area contributed by atoms with Crippen LogP contribution in [0.25, 0.3) is 5.52 Å². The quantitative estimate of drug-likeness (QED) is 0.229. The number of nitrogens with two attached hydrogens (primary N) is 1. The van der Waals surface area contributed by atoms with Crippen molar-refractivity contribution < 1.29 is 14.4 Å². The molecule has 3 aromatic heterocycles. The summed E-state index contributed by atoms with van der Waals surface area (Å²) in [6, 6.07) is 5.77. The highest BCUT2D eigenvalue weighted by atomic mass is 16.5. The van der Waals surface area contributed by atoms with Crippen LogP contribution in [0.15, 0.2) is 71.7 Å². The Morgan fingerprint density at radius 1 is 1.31 bits per heavy atom. The van der Waals surface area contributed by atoms with Gasteiger partial charge in [-0.1, -0.05) is 6.07 Å². The van der Waals surface area contributed by atoms with Crippen LogP contribution in [0.1, 0.15) is 6.42 Å². The summed E-state index contributed by atoms with van der Waals surface area (Å²) in [4.78, 5) is 4.77. The Morgan fingerprint density at radius 3 is 2.97 bits per heavy atom. The lowest BCUT2D eigenvalue weighted by Crippen LogP contribution is -2.23. The van der Waals surface area contributed by atoms with Crippen LogP contribution in [0, 0.1) is 5.41 Å². The number of anilines is 1. The first-order valence-corrected chi connectivity index (χ1v) is 10.4. The van der Waals surface area contributed by atoms with Crippen LogP contribution in [0.3, 0.4) is 0 Å². The fourth-order valence-corrected chi connectivity index (χ4v) is 3.40. The van der Waals surface area contributed by atoms with Crippen molar-refractivity contribution >= 4 is 28.4 Å². The van der Waals surface area contributed by atoms with E-state index in [-0.39, 0.29) is 18.9 Å². The number of ether oxygens (including phenoxy) is 1. The van der Waals surface area contributed by atoms with E-state index < -0.39 is 0 Å². The highest BCUT2D eigenvalue weighted by Crippen LogP contribution is 2.31. The molecule has 4 rings (SSSR count). The van der Waals surface area contributed by atoms with Gasteiger partial charge in [0.1, 0.15) is 30.4 Å². The molecule has 0 amide bonds. The highest BCUT2D eigenvalue weighted by molar-refractivity contribution is 6.22. The number of nitrogens with zero attached hydrogens (tertiary/aromatic N) is 5. The topological polar surface area (TPSA) is 130 Å². The number of aliphatic hydroxyl groups is 1. The largest absolute Gasteiger partial charge is 0.489 e. The molecule has 10 heteroatoms. The number of aliphatic hydroxyl groups excluding tert-OH is 1. The lowest BCUT2D eigenvalue weighted by molar-refractivity contribution is -0.671. The molecule has 166 valence electrons. The molecule has 0 bridgehead atoms. The average molecular weight is 436 g/mol. The molecule has 0 fully saturated rings. The predicted octanol–water partition coefficient (Wildman–Crippen LogP) is 1.30. The zero-order chi connectivity index (χ0) is 22.5. The highest BCUT2D eigenvalue weighted by Gasteiger charge is 2.18. The van der Waals surface area contributed by atoms with Crippen molar-refractivity contribution in [3.63, 3.8) is 0 Å². The third kappa shape index (κ3) is 4.70. The van der Waals surface area contributed by atoms with Crippen LogP contribution in [-0.4, -0.2) is 50.5 Å². The Bertz CT molecular complexity index is 1220. The van der Waals surface area contributed by atoms with Crippen molar-refractivity contribution in [3.05, 3.63) is 66.7 Å². The Labute approximate surface area is 185 Å². The van der Waals surface area contributed by atoms with Crippen molar-refractivity contribution in [2.75, 3.05) is 25.1 Å². The second-order valence-electron chi connectivity index (χ2n) is 7.42. The van der Waals surface area contributed by atoms with Gasteiger partial charge in [-0.3, -0.25) is 5.41 Å². The molecule has 0 atom stereocenters. The second kappa shape index (κ2) is 9.48. The summed E-state index contributed by atoms with van der Waals surface area (Å²) in [6.45, 7) is 1.56. The molecule has 32 heavy (non-hydrogen) atoms. The van der Waals surface area contributed by atoms with Gasteiger partial charge in [0.2, 0.25) is 6.33 Å². The maximum atomic E-state index is 9.02. The molecule has 3 heterocycles. The molecule has 0 aliphatic heterocycles. The predicted molar refractivity (Wildman–Crippen MR) is 122 cm³/mol. The third-order valence-corrected chi connectivity index (χ3v) is 4.93. The molecule has 0 unspecified atom stereocenters. The number of hydrogen-bond donors (Lipinski definition) is 4. The molecule has 0 radical (unpaired) electrons. The van der Waals surface area contributed by atoms with Gasteiger partial charge < -0.3 is 20.9 Å². The van der Waals surface area contributed by atoms with Crippen LogP contribution < -0.4 is 15.6 Å². The maximum absolute atomic E-state index is 9.02. The van der Waals surface area contributed by atoms with Crippen LogP contribution in [0.4, 0.5) is 11.5 Å². The average Bonchev–Trinajstić information content (AvgIpc) is 3.35. The van der Waals surface area contributed by atoms with E-state index in [4.69, 9.17) is 26.0 Å². The monoisotopic (exact) mass is 435 g/mol. The van der Waals surface area contributed by atoms with Gasteiger partial charge in [0.15, 0.2) is 5.82 Å². The summed E-state index contributed by atoms with van der Waals surface area (Å²) in [5.41, 5.74) is 8.64. The fourth-order valence-electron chi connectivity index (χ4n) is 3.40. The number of aromatic nitrogens is 4. The Morgan fingerprint density at radius 2 is 2.19 bits per heavy atom. The van der Waals surface area contributed by atoms with Gasteiger partial charge in [0, 0.05) is 25.2 Å². The van der Waals surface area contributed by atoms with Crippen LogP contribution >= 0.6 is 0 Å². The first-order valence-electron chi connectivity index (χ1n) is 10.4. The van der Waals surface area contributed by atoms with Gasteiger partial charge in [-0.05, 0) is 18.2 Å². The maximum Gasteiger partial charge on any atom is 0.243 e. The molecule has 5 N–H and O–H groups in total. The van der Waals surface area contributed by atoms with Crippen LogP contribution in [-0.2, 0) is 18.3 Å². The summed E-state index contributed by atoms with van der Waals surface area (Å²) < 4.78 is 11.4. The number of imidazole rings is 1. The summed E-state index contributed by atoms with van der Waals surface area (Å²) in [7, 11) is 2.00. The van der Waals surface area contributed by atoms with E-state index in [1.165, 1.54) is 6.08 Å². The number of pyridine rings is 1. The minimum absolute atomic E-state index is 0.0954. The number of nitrogens with one attached hydrogen (secondary N) is 2. The Balaban J connectivity index is 1.58. The second-order valence-corrected chi connectivity index (χ2v) is 7.42. The normalized spacial score (nSPS) is 15.2. The number of aryl methyl sites for hydroxylation is 2. The molecule has 0 saturated carbocycles. The van der Waals surface area contributed by atoms with E-state index in [2.05, 4.69) is 15.0 Å². The first-order chi connectivity index (χ1) is 15.5. The fraction of sp³-hybridized carbons (Fsp3) is 0.273. The SMILES string of the molecule is C[n+]1ccn(CCCNc2nn3ccccc3c2/N=C2\C=C(OCCO)C(=N)C=C2N)c1. The molecule has 3 aromatic rings. The minimum Gasteiger partial charge on any atom is -0.489 e. The van der Waals surface area contributed by atoms with Gasteiger partial charge in [-0.2, -0.15) is 0 Å². The molecule has 1 aliphatic rings. The van der Waals surface area contributed by atoms with Crippen molar-refractivity contribution in [1.29, 1.82) is 5.41 Å². The van der Waals surface area contributed by atoms with Crippen LogP contribution in [0.5, 0.6) is 0 Å². The number of fused-ring (bicyclic) bond motifs is 1. The smallest absolute Gasteiger partial charge is 0.243 e. The Hall–Kier alpha value is -3.92. The molecular weight excluding hydrogens is 408 g/mol. The summed E-state index contributed by atoms with van der Waals surface area (Å²) in [5, 5.41) is 25.1. The van der Waals surface area contributed by atoms with E-state index in [0.717, 1.165) is 25.0 Å². The Kier molecular flexibility index (Phi) is 6.31. The number of allylic oxidation sites excluding steroid dienone is 2. The van der Waals surface area contributed by atoms with Crippen molar-refractivity contribution in [2.24, 2.45) is 17.8 Å². The molecule has 0 spiro atoms. The molecular formula is C22H27N8O2+. The number of rotatable bonds is 9. The van der Waals surface area contributed by atoms with Gasteiger partial charge in [0.05, 0.1) is 42.8 Å². The first kappa shape index (κ1) is 21.3. The van der Waals surface area contributed by atoms with E-state index >= 15 is 0 Å². The lowest BCUT2D eigenvalue weighted by atomic mass is 10.1. The van der Waals surface area contributed by atoms with E-state index in [1.54, 1.807) is 10.6 Å². The molecule has 10 nitrogen and oxygen atoms in total. The van der Waals surface area contributed by atoms with E-state index in [1.807, 2.05) is 54.7 Å². The number of aliphatic imine (C=N–C) groups is 1. The van der Waals surface area contributed by atoms with Crippen molar-refractivity contribution in [3.8, 4) is 0 Å². The van der Waals surface area contributed by atoms with E-state index in [9.17, 15) is 0 Å². The standard InChI is InChI=1S/C22H27N8O2/c1-28-9-10-29(15-28)7-4-6-25-22-21(19-5-2-3-8-30(19)27-22)26-18-14-20(32-12-11-31)17(24)13-16(18)23/h2-3,5,8-10,13-15,24,31H,4,6-7,11-12,23H2,1H3,(H,25,27)/q+1/b24-17?,26-18+. The van der Waals surface area contributed by atoms with Gasteiger partial charge in [0.25, 0.3) is 0 Å². The van der Waals surface area contributed by atoms with Gasteiger partial charge in [-0.25, -0.2) is 18.6 Å². The van der Waals surface area contributed by atoms with E-state index in [0.29, 0.717) is 28.7 Å². The van der Waals surface area contributed by atoms with Crippen LogP contribution in [0.2, 0.25) is 0 Å². The minimum atomic E-state index is -0.139. The van der Waals surface area contributed by atoms with Crippen molar-refractivity contribution in [1.82, 2.24) is 14.2 Å². The van der Waals surface area contributed by atoms with Gasteiger partial charge >= 0.3 is 0 Å². The lowest BCUT2D eigenvalue weighted by Gasteiger charge is -2.15. The molecule has 0 aromatic carbocycles. The summed E-state index contributed by atoms with van der Waals surface area (Å²) in [5.74, 6) is 0.972. The zero-order valence-electron chi connectivity index (χ0n) is 17.9. The number of hydrogen-bond acceptors (Lipinski definition) is 7.